The second-order valence-electron chi connectivity index (χ2n) is 3.09. The van der Waals surface area contributed by atoms with Crippen molar-refractivity contribution in [1.82, 2.24) is 4.98 Å². The van der Waals surface area contributed by atoms with Crippen LogP contribution >= 0.6 is 23.2 Å². The van der Waals surface area contributed by atoms with Crippen LogP contribution in [0.15, 0.2) is 18.2 Å². The van der Waals surface area contributed by atoms with E-state index in [2.05, 4.69) is 10.3 Å². The van der Waals surface area contributed by atoms with Gasteiger partial charge in [0.15, 0.2) is 5.15 Å². The predicted molar refractivity (Wildman–Crippen MR) is 64.4 cm³/mol. The molecule has 2 N–H and O–H groups in total. The number of nitrogens with one attached hydrogen (secondary N) is 1. The Morgan fingerprint density at radius 3 is 2.59 bits per heavy atom. The van der Waals surface area contributed by atoms with Gasteiger partial charge >= 0.3 is 5.97 Å². The van der Waals surface area contributed by atoms with Crippen molar-refractivity contribution in [3.05, 3.63) is 34.1 Å². The van der Waals surface area contributed by atoms with Crippen molar-refractivity contribution in [1.29, 1.82) is 0 Å². The van der Waals surface area contributed by atoms with Crippen LogP contribution in [0, 0.1) is 6.92 Å². The maximum Gasteiger partial charge on any atom is 0.328 e. The highest BCUT2D eigenvalue weighted by Gasteiger charge is 2.09. The Labute approximate surface area is 107 Å². The van der Waals surface area contributed by atoms with Gasteiger partial charge in [-0.15, -0.1) is 0 Å². The van der Waals surface area contributed by atoms with E-state index in [4.69, 9.17) is 28.3 Å². The zero-order valence-corrected chi connectivity index (χ0v) is 10.2. The first-order valence-corrected chi connectivity index (χ1v) is 5.20. The molecule has 5 nitrogen and oxygen atoms in total. The molecule has 0 saturated carbocycles. The Morgan fingerprint density at radius 1 is 1.41 bits per heavy atom. The van der Waals surface area contributed by atoms with Gasteiger partial charge in [-0.2, -0.15) is 0 Å². The summed E-state index contributed by atoms with van der Waals surface area (Å²) in [6.07, 6.45) is 1.61. The van der Waals surface area contributed by atoms with Crippen LogP contribution in [0.3, 0.4) is 0 Å². The average molecular weight is 275 g/mol. The van der Waals surface area contributed by atoms with Crippen molar-refractivity contribution in [2.45, 2.75) is 6.92 Å². The number of carbonyl (C=O) groups excluding carboxylic acids is 1. The molecule has 7 heteroatoms. The lowest BCUT2D eigenvalue weighted by molar-refractivity contribution is -0.131. The maximum atomic E-state index is 11.3. The molecule has 0 aliphatic heterocycles. The molecule has 1 heterocycles. The molecule has 0 atom stereocenters. The zero-order valence-electron chi connectivity index (χ0n) is 8.70. The molecule has 1 aromatic rings. The number of rotatable bonds is 3. The summed E-state index contributed by atoms with van der Waals surface area (Å²) in [5, 5.41) is 11.0. The average Bonchev–Trinajstić information content (AvgIpc) is 2.20. The van der Waals surface area contributed by atoms with Crippen molar-refractivity contribution in [2.24, 2.45) is 0 Å². The van der Waals surface area contributed by atoms with Crippen LogP contribution in [-0.4, -0.2) is 22.0 Å². The molecular weight excluding hydrogens is 267 g/mol. The number of carbonyl (C=O) groups is 2. The second kappa shape index (κ2) is 5.65. The van der Waals surface area contributed by atoms with Gasteiger partial charge in [0.2, 0.25) is 5.91 Å². The van der Waals surface area contributed by atoms with Crippen LogP contribution in [-0.2, 0) is 9.59 Å². The first-order valence-electron chi connectivity index (χ1n) is 4.45. The van der Waals surface area contributed by atoms with Gasteiger partial charge in [0.25, 0.3) is 0 Å². The molecule has 0 unspecified atom stereocenters. The molecule has 90 valence electrons. The highest BCUT2D eigenvalue weighted by atomic mass is 35.5. The largest absolute Gasteiger partial charge is 0.478 e. The van der Waals surface area contributed by atoms with E-state index in [1.54, 1.807) is 6.92 Å². The summed E-state index contributed by atoms with van der Waals surface area (Å²) in [6, 6.07) is 1.53. The summed E-state index contributed by atoms with van der Waals surface area (Å²) < 4.78 is 0. The van der Waals surface area contributed by atoms with Crippen molar-refractivity contribution in [3.63, 3.8) is 0 Å². The number of amides is 1. The van der Waals surface area contributed by atoms with Crippen molar-refractivity contribution in [3.8, 4) is 0 Å². The molecule has 0 aromatic carbocycles. The van der Waals surface area contributed by atoms with Crippen LogP contribution < -0.4 is 5.32 Å². The number of aliphatic carboxylic acids is 1. The normalized spacial score (nSPS) is 10.5. The zero-order chi connectivity index (χ0) is 13.0. The molecule has 1 amide bonds. The summed E-state index contributed by atoms with van der Waals surface area (Å²) in [7, 11) is 0. The van der Waals surface area contributed by atoms with Gasteiger partial charge in [-0.25, -0.2) is 9.78 Å². The number of halogens is 2. The molecule has 1 aromatic heterocycles. The Hall–Kier alpha value is -1.59. The third-order valence-corrected chi connectivity index (χ3v) is 2.23. The number of hydrogen-bond acceptors (Lipinski definition) is 3. The van der Waals surface area contributed by atoms with E-state index in [9.17, 15) is 9.59 Å². The second-order valence-corrected chi connectivity index (χ2v) is 3.83. The number of anilines is 1. The molecular formula is C10H8Cl2N2O3. The number of aromatic nitrogens is 1. The van der Waals surface area contributed by atoms with Gasteiger partial charge in [-0.1, -0.05) is 23.2 Å². The van der Waals surface area contributed by atoms with E-state index >= 15 is 0 Å². The van der Waals surface area contributed by atoms with Gasteiger partial charge in [0.1, 0.15) is 5.15 Å². The fourth-order valence-electron chi connectivity index (χ4n) is 1.06. The Kier molecular flexibility index (Phi) is 4.48. The SMILES string of the molecule is Cc1cc(Cl)nc(Cl)c1NC(=O)/C=C/C(=O)O. The third kappa shape index (κ3) is 4.05. The topological polar surface area (TPSA) is 79.3 Å². The van der Waals surface area contributed by atoms with Crippen molar-refractivity contribution < 1.29 is 14.7 Å². The van der Waals surface area contributed by atoms with E-state index in [-0.39, 0.29) is 10.3 Å². The Balaban J connectivity index is 2.89. The quantitative estimate of drug-likeness (QED) is 0.655. The minimum atomic E-state index is -1.21. The summed E-state index contributed by atoms with van der Waals surface area (Å²) in [4.78, 5) is 25.3. The van der Waals surface area contributed by atoms with E-state index in [0.717, 1.165) is 12.2 Å². The molecule has 0 spiro atoms. The fourth-order valence-corrected chi connectivity index (χ4v) is 1.64. The fraction of sp³-hybridized carbons (Fsp3) is 0.100. The van der Waals surface area contributed by atoms with Gasteiger partial charge < -0.3 is 10.4 Å². The van der Waals surface area contributed by atoms with Crippen LogP contribution in [0.2, 0.25) is 10.3 Å². The monoisotopic (exact) mass is 274 g/mol. The maximum absolute atomic E-state index is 11.3. The predicted octanol–water partition coefficient (Wildman–Crippen LogP) is 2.28. The number of hydrogen-bond donors (Lipinski definition) is 2. The van der Waals surface area contributed by atoms with E-state index < -0.39 is 11.9 Å². The molecule has 17 heavy (non-hydrogen) atoms. The van der Waals surface area contributed by atoms with Gasteiger partial charge in [0.05, 0.1) is 5.69 Å². The summed E-state index contributed by atoms with van der Waals surface area (Å²) in [5.41, 5.74) is 0.934. The number of nitrogens with zero attached hydrogens (tertiary/aromatic N) is 1. The van der Waals surface area contributed by atoms with Gasteiger partial charge in [-0.3, -0.25) is 4.79 Å². The first-order chi connectivity index (χ1) is 7.90. The summed E-state index contributed by atoms with van der Waals surface area (Å²) in [5.74, 6) is -1.82. The van der Waals surface area contributed by atoms with Gasteiger partial charge in [-0.05, 0) is 18.6 Å². The molecule has 1 rings (SSSR count). The van der Waals surface area contributed by atoms with E-state index in [1.807, 2.05) is 0 Å². The summed E-state index contributed by atoms with van der Waals surface area (Å²) >= 11 is 11.5. The molecule has 0 fully saturated rings. The highest BCUT2D eigenvalue weighted by Crippen LogP contribution is 2.26. The standard InChI is InChI=1S/C10H8Cl2N2O3/c1-5-4-6(11)13-10(12)9(5)14-7(15)2-3-8(16)17/h2-4H,1H3,(H,14,15)(H,16,17)/b3-2+. The summed E-state index contributed by atoms with van der Waals surface area (Å²) in [6.45, 7) is 1.69. The Bertz CT molecular complexity index is 477. The number of carboxylic acid groups (broad SMARTS) is 1. The van der Waals surface area contributed by atoms with E-state index in [1.165, 1.54) is 6.07 Å². The molecule has 0 radical (unpaired) electrons. The minimum Gasteiger partial charge on any atom is -0.478 e. The molecule has 0 bridgehead atoms. The lowest BCUT2D eigenvalue weighted by atomic mass is 10.2. The van der Waals surface area contributed by atoms with Crippen LogP contribution in [0.4, 0.5) is 5.69 Å². The minimum absolute atomic E-state index is 0.0482. The Morgan fingerprint density at radius 2 is 2.06 bits per heavy atom. The number of aryl methyl sites for hydroxylation is 1. The molecule has 0 aliphatic carbocycles. The lowest BCUT2D eigenvalue weighted by Gasteiger charge is -2.08. The van der Waals surface area contributed by atoms with Crippen LogP contribution in [0.5, 0.6) is 0 Å². The number of carboxylic acids is 1. The van der Waals surface area contributed by atoms with Crippen molar-refractivity contribution in [2.75, 3.05) is 5.32 Å². The smallest absolute Gasteiger partial charge is 0.328 e. The number of pyridine rings is 1. The van der Waals surface area contributed by atoms with E-state index in [0.29, 0.717) is 11.3 Å². The van der Waals surface area contributed by atoms with Crippen LogP contribution in [0.25, 0.3) is 0 Å². The van der Waals surface area contributed by atoms with Crippen LogP contribution in [0.1, 0.15) is 5.56 Å². The molecule has 0 aliphatic rings. The molecule has 0 saturated heterocycles. The highest BCUT2D eigenvalue weighted by molar-refractivity contribution is 6.35. The van der Waals surface area contributed by atoms with Crippen molar-refractivity contribution >= 4 is 40.8 Å². The third-order valence-electron chi connectivity index (χ3n) is 1.77. The first kappa shape index (κ1) is 13.5. The lowest BCUT2D eigenvalue weighted by Crippen LogP contribution is -2.10. The van der Waals surface area contributed by atoms with Gasteiger partial charge in [0, 0.05) is 12.2 Å².